The van der Waals surface area contributed by atoms with Crippen molar-refractivity contribution in [1.29, 1.82) is 0 Å². The molecule has 0 heterocycles. The van der Waals surface area contributed by atoms with Crippen LogP contribution in [0.1, 0.15) is 25.8 Å². The molecule has 0 bridgehead atoms. The van der Waals surface area contributed by atoms with Gasteiger partial charge in [0.05, 0.1) is 25.9 Å². The summed E-state index contributed by atoms with van der Waals surface area (Å²) in [5.41, 5.74) is 1.07. The number of methoxy groups -OCH3 is 1. The van der Waals surface area contributed by atoms with Gasteiger partial charge in [0.1, 0.15) is 0 Å². The van der Waals surface area contributed by atoms with Gasteiger partial charge in [-0.05, 0) is 19.4 Å². The van der Waals surface area contributed by atoms with E-state index >= 15 is 0 Å². The summed E-state index contributed by atoms with van der Waals surface area (Å²) in [6.45, 7) is 7.42. The summed E-state index contributed by atoms with van der Waals surface area (Å²) in [6.07, 6.45) is -1.33. The van der Waals surface area contributed by atoms with E-state index in [1.165, 1.54) is 12.0 Å². The topological polar surface area (TPSA) is 76.1 Å². The number of ether oxygens (including phenoxy) is 2. The van der Waals surface area contributed by atoms with Crippen molar-refractivity contribution >= 4 is 12.1 Å². The van der Waals surface area contributed by atoms with Gasteiger partial charge in [-0.25, -0.2) is 9.59 Å². The summed E-state index contributed by atoms with van der Waals surface area (Å²) in [5, 5.41) is 10.1. The monoisotopic (exact) mass is 335 g/mol. The normalized spacial score (nSPS) is 12.8. The Balaban J connectivity index is 3.04. The van der Waals surface area contributed by atoms with Gasteiger partial charge in [0.15, 0.2) is 0 Å². The van der Waals surface area contributed by atoms with Gasteiger partial charge in [-0.1, -0.05) is 36.9 Å². The third-order valence-corrected chi connectivity index (χ3v) is 3.58. The maximum absolute atomic E-state index is 12.4. The third-order valence-electron chi connectivity index (χ3n) is 3.58. The Morgan fingerprint density at radius 3 is 2.42 bits per heavy atom. The van der Waals surface area contributed by atoms with E-state index in [2.05, 4.69) is 11.3 Å². The number of esters is 1. The zero-order valence-electron chi connectivity index (χ0n) is 14.4. The summed E-state index contributed by atoms with van der Waals surface area (Å²) in [6, 6.07) is 8.70. The average Bonchev–Trinajstić information content (AvgIpc) is 2.57. The van der Waals surface area contributed by atoms with E-state index in [1.807, 2.05) is 30.3 Å². The average molecular weight is 335 g/mol. The van der Waals surface area contributed by atoms with Crippen molar-refractivity contribution < 1.29 is 24.2 Å². The number of aliphatic hydroxyl groups is 1. The molecule has 24 heavy (non-hydrogen) atoms. The molecule has 0 fully saturated rings. The van der Waals surface area contributed by atoms with Gasteiger partial charge in [0.2, 0.25) is 0 Å². The fraction of sp³-hybridized carbons (Fsp3) is 0.444. The highest BCUT2D eigenvalue weighted by Crippen LogP contribution is 2.19. The Bertz CT molecular complexity index is 556. The van der Waals surface area contributed by atoms with Gasteiger partial charge in [-0.15, -0.1) is 0 Å². The van der Waals surface area contributed by atoms with E-state index in [0.717, 1.165) is 5.56 Å². The van der Waals surface area contributed by atoms with Crippen molar-refractivity contribution in [2.75, 3.05) is 13.7 Å². The number of hydrogen-bond acceptors (Lipinski definition) is 5. The molecule has 0 aliphatic carbocycles. The number of aliphatic hydroxyl groups excluding tert-OH is 1. The van der Waals surface area contributed by atoms with E-state index in [-0.39, 0.29) is 25.1 Å². The van der Waals surface area contributed by atoms with Crippen LogP contribution in [-0.2, 0) is 20.8 Å². The summed E-state index contributed by atoms with van der Waals surface area (Å²) in [5.74, 6) is -0.566. The Labute approximate surface area is 142 Å². The largest absolute Gasteiger partial charge is 0.466 e. The Morgan fingerprint density at radius 1 is 1.29 bits per heavy atom. The minimum Gasteiger partial charge on any atom is -0.466 e. The standard InChI is InChI=1S/C18H25NO5/c1-5-24-18(22)19(12-15-9-7-6-8-10-15)16(14(3)20)11-13(2)17(21)23-4/h6-10,14,16,20H,2,5,11-12H2,1,3-4H3/t14-,16-/m0/s1. The van der Waals surface area contributed by atoms with Crippen molar-refractivity contribution in [3.8, 4) is 0 Å². The van der Waals surface area contributed by atoms with Crippen molar-refractivity contribution in [2.24, 2.45) is 0 Å². The van der Waals surface area contributed by atoms with Crippen LogP contribution in [0.5, 0.6) is 0 Å². The van der Waals surface area contributed by atoms with Crippen molar-refractivity contribution in [3.05, 3.63) is 48.0 Å². The maximum atomic E-state index is 12.4. The lowest BCUT2D eigenvalue weighted by Gasteiger charge is -2.33. The number of benzene rings is 1. The van der Waals surface area contributed by atoms with Crippen molar-refractivity contribution in [3.63, 3.8) is 0 Å². The quantitative estimate of drug-likeness (QED) is 0.583. The fourth-order valence-electron chi connectivity index (χ4n) is 2.32. The molecule has 1 aromatic carbocycles. The maximum Gasteiger partial charge on any atom is 0.410 e. The molecule has 0 aliphatic rings. The highest BCUT2D eigenvalue weighted by molar-refractivity contribution is 5.87. The van der Waals surface area contributed by atoms with E-state index in [4.69, 9.17) is 4.74 Å². The van der Waals surface area contributed by atoms with Crippen LogP contribution >= 0.6 is 0 Å². The summed E-state index contributed by atoms with van der Waals surface area (Å²) in [7, 11) is 1.26. The molecule has 0 saturated carbocycles. The van der Waals surface area contributed by atoms with Crippen molar-refractivity contribution in [1.82, 2.24) is 4.90 Å². The van der Waals surface area contributed by atoms with Gasteiger partial charge in [0.25, 0.3) is 0 Å². The number of carbonyl (C=O) groups is 2. The zero-order chi connectivity index (χ0) is 18.1. The van der Waals surface area contributed by atoms with Crippen LogP contribution in [0, 0.1) is 0 Å². The molecule has 0 unspecified atom stereocenters. The Hall–Kier alpha value is -2.34. The van der Waals surface area contributed by atoms with Crippen LogP contribution in [0.2, 0.25) is 0 Å². The highest BCUT2D eigenvalue weighted by Gasteiger charge is 2.30. The van der Waals surface area contributed by atoms with Crippen LogP contribution in [0.25, 0.3) is 0 Å². The second-order valence-electron chi connectivity index (χ2n) is 5.42. The second-order valence-corrected chi connectivity index (χ2v) is 5.42. The van der Waals surface area contributed by atoms with Crippen LogP contribution in [0.4, 0.5) is 4.79 Å². The number of rotatable bonds is 8. The van der Waals surface area contributed by atoms with Gasteiger partial charge < -0.3 is 14.6 Å². The smallest absolute Gasteiger partial charge is 0.410 e. The molecule has 1 N–H and O–H groups in total. The molecule has 0 saturated heterocycles. The molecule has 2 atom stereocenters. The first-order chi connectivity index (χ1) is 11.4. The highest BCUT2D eigenvalue weighted by atomic mass is 16.6. The van der Waals surface area contributed by atoms with Crippen LogP contribution in [-0.4, -0.2) is 47.9 Å². The van der Waals surface area contributed by atoms with Crippen molar-refractivity contribution in [2.45, 2.75) is 39.0 Å². The molecular formula is C18H25NO5. The first-order valence-corrected chi connectivity index (χ1v) is 7.82. The molecule has 0 aromatic heterocycles. The van der Waals surface area contributed by atoms with E-state index < -0.39 is 24.2 Å². The van der Waals surface area contributed by atoms with Crippen LogP contribution < -0.4 is 0 Å². The molecule has 1 amide bonds. The first-order valence-electron chi connectivity index (χ1n) is 7.82. The van der Waals surface area contributed by atoms with E-state index in [0.29, 0.717) is 0 Å². The third kappa shape index (κ3) is 5.70. The summed E-state index contributed by atoms with van der Waals surface area (Å²) >= 11 is 0. The minimum atomic E-state index is -0.875. The molecule has 0 radical (unpaired) electrons. The molecule has 1 rings (SSSR count). The molecule has 6 nitrogen and oxygen atoms in total. The zero-order valence-corrected chi connectivity index (χ0v) is 14.4. The SMILES string of the molecule is C=C(C[C@@H]([C@H](C)O)N(Cc1ccccc1)C(=O)OCC)C(=O)OC. The van der Waals surface area contributed by atoms with E-state index in [9.17, 15) is 14.7 Å². The van der Waals surface area contributed by atoms with E-state index in [1.54, 1.807) is 13.8 Å². The lowest BCUT2D eigenvalue weighted by atomic mass is 10.0. The number of carbonyl (C=O) groups excluding carboxylic acids is 2. The first kappa shape index (κ1) is 19.7. The predicted molar refractivity (Wildman–Crippen MR) is 90.2 cm³/mol. The summed E-state index contributed by atoms with van der Waals surface area (Å²) in [4.78, 5) is 25.4. The predicted octanol–water partition coefficient (Wildman–Crippen LogP) is 2.51. The number of nitrogens with zero attached hydrogens (tertiary/aromatic N) is 1. The van der Waals surface area contributed by atoms with Gasteiger partial charge >= 0.3 is 12.1 Å². The molecule has 6 heteroatoms. The lowest BCUT2D eigenvalue weighted by molar-refractivity contribution is -0.136. The van der Waals surface area contributed by atoms with Gasteiger partial charge in [0, 0.05) is 18.5 Å². The van der Waals surface area contributed by atoms with Gasteiger partial charge in [-0.2, -0.15) is 0 Å². The number of amides is 1. The summed E-state index contributed by atoms with van der Waals surface area (Å²) < 4.78 is 9.75. The second kappa shape index (κ2) is 9.72. The van der Waals surface area contributed by atoms with Crippen LogP contribution in [0.15, 0.2) is 42.5 Å². The molecule has 1 aromatic rings. The molecule has 0 aliphatic heterocycles. The van der Waals surface area contributed by atoms with Gasteiger partial charge in [-0.3, -0.25) is 4.90 Å². The minimum absolute atomic E-state index is 0.0932. The van der Waals surface area contributed by atoms with Crippen LogP contribution in [0.3, 0.4) is 0 Å². The molecular weight excluding hydrogens is 310 g/mol. The lowest BCUT2D eigenvalue weighted by Crippen LogP contribution is -2.46. The molecule has 132 valence electrons. The fourth-order valence-corrected chi connectivity index (χ4v) is 2.32. The number of hydrogen-bond donors (Lipinski definition) is 1. The Morgan fingerprint density at radius 2 is 1.92 bits per heavy atom. The molecule has 0 spiro atoms. The Kier molecular flexibility index (Phi) is 7.98.